The minimum atomic E-state index is -0.353. The van der Waals surface area contributed by atoms with Gasteiger partial charge >= 0.3 is 5.00 Å². The van der Waals surface area contributed by atoms with Gasteiger partial charge in [0, 0.05) is 33.6 Å². The Kier molecular flexibility index (Phi) is 3.98. The number of hydrogen-bond donors (Lipinski definition) is 1. The Labute approximate surface area is 129 Å². The first-order valence-corrected chi connectivity index (χ1v) is 8.03. The smallest absolute Gasteiger partial charge is 0.324 e. The van der Waals surface area contributed by atoms with Gasteiger partial charge in [-0.05, 0) is 23.6 Å². The molecule has 3 aromatic rings. The van der Waals surface area contributed by atoms with Gasteiger partial charge in [0.1, 0.15) is 0 Å². The van der Waals surface area contributed by atoms with Crippen molar-refractivity contribution in [3.05, 3.63) is 68.9 Å². The molecule has 0 unspecified atom stereocenters. The van der Waals surface area contributed by atoms with E-state index in [1.165, 1.54) is 16.2 Å². The van der Waals surface area contributed by atoms with Gasteiger partial charge in [0.2, 0.25) is 0 Å². The molecule has 0 saturated heterocycles. The summed E-state index contributed by atoms with van der Waals surface area (Å²) in [6.45, 7) is 0.584. The molecule has 0 bridgehead atoms. The van der Waals surface area contributed by atoms with Gasteiger partial charge in [-0.3, -0.25) is 10.1 Å². The molecule has 0 atom stereocenters. The zero-order valence-electron chi connectivity index (χ0n) is 11.0. The van der Waals surface area contributed by atoms with Crippen LogP contribution >= 0.6 is 22.7 Å². The number of nitrogens with one attached hydrogen (secondary N) is 1. The van der Waals surface area contributed by atoms with Crippen LogP contribution in [-0.4, -0.2) is 4.92 Å². The molecule has 0 aliphatic heterocycles. The highest BCUT2D eigenvalue weighted by atomic mass is 32.1. The maximum Gasteiger partial charge on any atom is 0.324 e. The Balaban J connectivity index is 1.77. The SMILES string of the molecule is O=[N+]([O-])c1ccc(CNc2ccccc2-c2cccs2)s1. The molecule has 2 heterocycles. The lowest BCUT2D eigenvalue weighted by Crippen LogP contribution is -1.98. The van der Waals surface area contributed by atoms with Gasteiger partial charge in [0.25, 0.3) is 0 Å². The summed E-state index contributed by atoms with van der Waals surface area (Å²) in [5.74, 6) is 0. The Morgan fingerprint density at radius 2 is 1.95 bits per heavy atom. The van der Waals surface area contributed by atoms with Crippen molar-refractivity contribution < 1.29 is 4.92 Å². The molecule has 0 radical (unpaired) electrons. The third kappa shape index (κ3) is 3.12. The molecule has 0 aliphatic carbocycles. The summed E-state index contributed by atoms with van der Waals surface area (Å²) in [6.07, 6.45) is 0. The first kappa shape index (κ1) is 13.8. The monoisotopic (exact) mass is 316 g/mol. The lowest BCUT2D eigenvalue weighted by Gasteiger charge is -2.09. The van der Waals surface area contributed by atoms with Crippen LogP contribution in [0.4, 0.5) is 10.7 Å². The number of rotatable bonds is 5. The molecule has 3 rings (SSSR count). The summed E-state index contributed by atoms with van der Waals surface area (Å²) >= 11 is 2.90. The van der Waals surface area contributed by atoms with Crippen LogP contribution in [0.3, 0.4) is 0 Å². The van der Waals surface area contributed by atoms with Gasteiger partial charge in [-0.25, -0.2) is 0 Å². The van der Waals surface area contributed by atoms with E-state index in [2.05, 4.69) is 22.8 Å². The van der Waals surface area contributed by atoms with Crippen molar-refractivity contribution in [3.8, 4) is 10.4 Å². The molecule has 0 aliphatic rings. The van der Waals surface area contributed by atoms with E-state index < -0.39 is 0 Å². The van der Waals surface area contributed by atoms with E-state index in [1.807, 2.05) is 24.3 Å². The first-order chi connectivity index (χ1) is 10.2. The highest BCUT2D eigenvalue weighted by Crippen LogP contribution is 2.32. The average molecular weight is 316 g/mol. The van der Waals surface area contributed by atoms with Crippen LogP contribution in [0.5, 0.6) is 0 Å². The molecule has 1 N–H and O–H groups in total. The van der Waals surface area contributed by atoms with E-state index in [-0.39, 0.29) is 9.92 Å². The zero-order chi connectivity index (χ0) is 14.7. The fourth-order valence-corrected chi connectivity index (χ4v) is 3.55. The second kappa shape index (κ2) is 6.07. The third-order valence-corrected chi connectivity index (χ3v) is 4.93. The number of hydrogen-bond acceptors (Lipinski definition) is 5. The summed E-state index contributed by atoms with van der Waals surface area (Å²) in [5.41, 5.74) is 2.19. The van der Waals surface area contributed by atoms with Crippen LogP contribution in [0.2, 0.25) is 0 Å². The predicted molar refractivity (Wildman–Crippen MR) is 88.1 cm³/mol. The molecule has 0 saturated carbocycles. The molecule has 2 aromatic heterocycles. The van der Waals surface area contributed by atoms with Crippen molar-refractivity contribution in [3.63, 3.8) is 0 Å². The zero-order valence-corrected chi connectivity index (χ0v) is 12.6. The number of benzene rings is 1. The Morgan fingerprint density at radius 3 is 2.67 bits per heavy atom. The van der Waals surface area contributed by atoms with Crippen molar-refractivity contribution in [2.75, 3.05) is 5.32 Å². The van der Waals surface area contributed by atoms with Crippen molar-refractivity contribution >= 4 is 33.4 Å². The largest absolute Gasteiger partial charge is 0.380 e. The van der Waals surface area contributed by atoms with E-state index >= 15 is 0 Å². The van der Waals surface area contributed by atoms with Crippen LogP contribution in [0.1, 0.15) is 4.88 Å². The molecular formula is C15H12N2O2S2. The summed E-state index contributed by atoms with van der Waals surface area (Å²) in [6, 6.07) is 15.5. The topological polar surface area (TPSA) is 55.2 Å². The van der Waals surface area contributed by atoms with Crippen LogP contribution in [0, 0.1) is 10.1 Å². The summed E-state index contributed by atoms with van der Waals surface area (Å²) in [7, 11) is 0. The van der Waals surface area contributed by atoms with Gasteiger partial charge < -0.3 is 5.32 Å². The summed E-state index contributed by atoms with van der Waals surface area (Å²) in [5, 5.41) is 16.3. The molecule has 21 heavy (non-hydrogen) atoms. The average Bonchev–Trinajstić information content (AvgIpc) is 3.17. The molecule has 0 fully saturated rings. The highest BCUT2D eigenvalue weighted by Gasteiger charge is 2.10. The van der Waals surface area contributed by atoms with Gasteiger partial charge in [-0.2, -0.15) is 0 Å². The van der Waals surface area contributed by atoms with Gasteiger partial charge in [0.05, 0.1) is 4.92 Å². The van der Waals surface area contributed by atoms with E-state index in [4.69, 9.17) is 0 Å². The van der Waals surface area contributed by atoms with E-state index in [1.54, 1.807) is 23.5 Å². The van der Waals surface area contributed by atoms with Crippen LogP contribution < -0.4 is 5.32 Å². The third-order valence-electron chi connectivity index (χ3n) is 2.99. The van der Waals surface area contributed by atoms with Crippen molar-refractivity contribution in [1.29, 1.82) is 0 Å². The highest BCUT2D eigenvalue weighted by molar-refractivity contribution is 7.15. The van der Waals surface area contributed by atoms with Crippen molar-refractivity contribution in [2.45, 2.75) is 6.54 Å². The van der Waals surface area contributed by atoms with Gasteiger partial charge in [-0.15, -0.1) is 11.3 Å². The van der Waals surface area contributed by atoms with Crippen molar-refractivity contribution in [2.24, 2.45) is 0 Å². The molecule has 1 aromatic carbocycles. The lowest BCUT2D eigenvalue weighted by molar-refractivity contribution is -0.380. The van der Waals surface area contributed by atoms with Crippen molar-refractivity contribution in [1.82, 2.24) is 0 Å². The summed E-state index contributed by atoms with van der Waals surface area (Å²) in [4.78, 5) is 12.5. The minimum Gasteiger partial charge on any atom is -0.380 e. The molecular weight excluding hydrogens is 304 g/mol. The number of nitrogens with zero attached hydrogens (tertiary/aromatic N) is 1. The molecule has 0 spiro atoms. The number of nitro groups is 1. The van der Waals surface area contributed by atoms with Crippen LogP contribution in [-0.2, 0) is 6.54 Å². The Hall–Kier alpha value is -2.18. The quantitative estimate of drug-likeness (QED) is 0.532. The molecule has 6 heteroatoms. The molecule has 0 amide bonds. The number of para-hydroxylation sites is 1. The standard InChI is InChI=1S/C15H12N2O2S2/c18-17(19)15-8-7-11(21-15)10-16-13-5-2-1-4-12(13)14-6-3-9-20-14/h1-9,16H,10H2. The first-order valence-electron chi connectivity index (χ1n) is 6.34. The maximum absolute atomic E-state index is 10.7. The van der Waals surface area contributed by atoms with Crippen LogP contribution in [0.25, 0.3) is 10.4 Å². The normalized spacial score (nSPS) is 10.5. The number of thiophene rings is 2. The predicted octanol–water partition coefficient (Wildman–Crippen LogP) is 5.00. The molecule has 106 valence electrons. The lowest BCUT2D eigenvalue weighted by atomic mass is 10.1. The van der Waals surface area contributed by atoms with E-state index in [0.29, 0.717) is 6.54 Å². The van der Waals surface area contributed by atoms with Gasteiger partial charge in [0.15, 0.2) is 0 Å². The fourth-order valence-electron chi connectivity index (χ4n) is 2.03. The second-order valence-corrected chi connectivity index (χ2v) is 6.47. The molecule has 4 nitrogen and oxygen atoms in total. The Bertz CT molecular complexity index is 751. The van der Waals surface area contributed by atoms with Crippen LogP contribution in [0.15, 0.2) is 53.9 Å². The maximum atomic E-state index is 10.7. The number of anilines is 1. The van der Waals surface area contributed by atoms with Gasteiger partial charge in [-0.1, -0.05) is 35.6 Å². The minimum absolute atomic E-state index is 0.179. The summed E-state index contributed by atoms with van der Waals surface area (Å²) < 4.78 is 0. The Morgan fingerprint density at radius 1 is 1.10 bits per heavy atom. The van der Waals surface area contributed by atoms with E-state index in [0.717, 1.165) is 16.1 Å². The van der Waals surface area contributed by atoms with E-state index in [9.17, 15) is 10.1 Å². The second-order valence-electron chi connectivity index (χ2n) is 4.37. The fraction of sp³-hybridized carbons (Fsp3) is 0.0667.